The van der Waals surface area contributed by atoms with Crippen LogP contribution in [0.1, 0.15) is 41.9 Å². The van der Waals surface area contributed by atoms with Gasteiger partial charge >= 0.3 is 0 Å². The number of alkyl halides is 1. The van der Waals surface area contributed by atoms with Crippen LogP contribution in [-0.2, 0) is 27.6 Å². The van der Waals surface area contributed by atoms with E-state index in [1.807, 2.05) is 44.2 Å². The Kier molecular flexibility index (Phi) is 8.65. The van der Waals surface area contributed by atoms with Crippen LogP contribution in [0.2, 0.25) is 5.02 Å². The number of nitrogens with zero attached hydrogens (tertiary/aromatic N) is 2. The number of benzene rings is 2. The van der Waals surface area contributed by atoms with Crippen LogP contribution < -0.4 is 9.47 Å². The van der Waals surface area contributed by atoms with Crippen LogP contribution in [0.4, 0.5) is 0 Å². The SMILES string of the molecule is CC(C)(c1ccc(OCc2cccc(CS(C)(=O)=O)n2)cc1)c1cc(Cl)c(OCCCl)c(C#N)c1. The van der Waals surface area contributed by atoms with Gasteiger partial charge in [-0.3, -0.25) is 4.98 Å². The van der Waals surface area contributed by atoms with Crippen molar-refractivity contribution >= 4 is 33.0 Å². The Morgan fingerprint density at radius 3 is 2.34 bits per heavy atom. The van der Waals surface area contributed by atoms with E-state index in [0.717, 1.165) is 11.1 Å². The molecule has 0 unspecified atom stereocenters. The molecule has 0 aliphatic rings. The van der Waals surface area contributed by atoms with Crippen molar-refractivity contribution < 1.29 is 17.9 Å². The third kappa shape index (κ3) is 7.11. The first kappa shape index (κ1) is 26.8. The van der Waals surface area contributed by atoms with Gasteiger partial charge in [0.15, 0.2) is 15.6 Å². The lowest BCUT2D eigenvalue weighted by Crippen LogP contribution is -2.19. The summed E-state index contributed by atoms with van der Waals surface area (Å²) in [5.74, 6) is 1.18. The van der Waals surface area contributed by atoms with Gasteiger partial charge in [0.1, 0.15) is 25.0 Å². The summed E-state index contributed by atoms with van der Waals surface area (Å²) in [6.45, 7) is 4.57. The number of hydrogen-bond donors (Lipinski definition) is 0. The number of pyridine rings is 1. The number of ether oxygens (including phenoxy) is 2. The van der Waals surface area contributed by atoms with Gasteiger partial charge in [0.2, 0.25) is 0 Å². The molecule has 0 aliphatic carbocycles. The van der Waals surface area contributed by atoms with Crippen molar-refractivity contribution in [2.24, 2.45) is 0 Å². The van der Waals surface area contributed by atoms with E-state index in [9.17, 15) is 13.7 Å². The molecule has 0 atom stereocenters. The quantitative estimate of drug-likeness (QED) is 0.312. The molecule has 1 aromatic heterocycles. The second kappa shape index (κ2) is 11.3. The van der Waals surface area contributed by atoms with Gasteiger partial charge in [-0.2, -0.15) is 5.26 Å². The van der Waals surface area contributed by atoms with E-state index in [-0.39, 0.29) is 19.0 Å². The van der Waals surface area contributed by atoms with Crippen LogP contribution in [-0.4, -0.2) is 32.1 Å². The van der Waals surface area contributed by atoms with Crippen LogP contribution in [0.15, 0.2) is 54.6 Å². The molecule has 184 valence electrons. The topological polar surface area (TPSA) is 89.3 Å². The minimum atomic E-state index is -3.16. The van der Waals surface area contributed by atoms with Gasteiger partial charge in [-0.05, 0) is 47.5 Å². The van der Waals surface area contributed by atoms with E-state index >= 15 is 0 Å². The molecule has 3 aromatic rings. The molecule has 0 bridgehead atoms. The zero-order chi connectivity index (χ0) is 25.6. The smallest absolute Gasteiger partial charge is 0.155 e. The third-order valence-electron chi connectivity index (χ3n) is 5.45. The molecule has 0 N–H and O–H groups in total. The zero-order valence-corrected chi connectivity index (χ0v) is 22.0. The molecule has 3 rings (SSSR count). The summed E-state index contributed by atoms with van der Waals surface area (Å²) in [5.41, 5.74) is 2.92. The summed E-state index contributed by atoms with van der Waals surface area (Å²) in [6.07, 6.45) is 1.18. The summed E-state index contributed by atoms with van der Waals surface area (Å²) in [7, 11) is -3.16. The molecule has 0 amide bonds. The Bertz CT molecular complexity index is 1330. The summed E-state index contributed by atoms with van der Waals surface area (Å²) in [4.78, 5) is 4.36. The van der Waals surface area contributed by atoms with Gasteiger partial charge in [-0.15, -0.1) is 11.6 Å². The van der Waals surface area contributed by atoms with Crippen molar-refractivity contribution in [1.29, 1.82) is 5.26 Å². The van der Waals surface area contributed by atoms with Crippen molar-refractivity contribution in [3.05, 3.63) is 87.7 Å². The second-order valence-electron chi connectivity index (χ2n) is 8.61. The van der Waals surface area contributed by atoms with Crippen molar-refractivity contribution in [3.8, 4) is 17.6 Å². The Labute approximate surface area is 216 Å². The van der Waals surface area contributed by atoms with Crippen LogP contribution >= 0.6 is 23.2 Å². The maximum atomic E-state index is 11.5. The Hall–Kier alpha value is -2.79. The van der Waals surface area contributed by atoms with Crippen molar-refractivity contribution in [1.82, 2.24) is 4.98 Å². The number of nitriles is 1. The third-order valence-corrected chi connectivity index (χ3v) is 6.70. The second-order valence-corrected chi connectivity index (χ2v) is 11.5. The summed E-state index contributed by atoms with van der Waals surface area (Å²) >= 11 is 12.1. The highest BCUT2D eigenvalue weighted by Crippen LogP contribution is 2.38. The molecular formula is C26H26Cl2N2O4S. The molecule has 0 aliphatic heterocycles. The molecule has 0 fully saturated rings. The normalized spacial score (nSPS) is 11.7. The molecule has 1 heterocycles. The lowest BCUT2D eigenvalue weighted by atomic mass is 9.77. The predicted octanol–water partition coefficient (Wildman–Crippen LogP) is 5.67. The number of hydrogen-bond acceptors (Lipinski definition) is 6. The van der Waals surface area contributed by atoms with Crippen LogP contribution in [0.5, 0.6) is 11.5 Å². The molecule has 0 radical (unpaired) electrons. The van der Waals surface area contributed by atoms with Gasteiger partial charge < -0.3 is 9.47 Å². The summed E-state index contributed by atoms with van der Waals surface area (Å²) < 4.78 is 34.4. The van der Waals surface area contributed by atoms with Gasteiger partial charge in [0, 0.05) is 11.7 Å². The lowest BCUT2D eigenvalue weighted by molar-refractivity contribution is 0.301. The van der Waals surface area contributed by atoms with E-state index in [4.69, 9.17) is 32.7 Å². The van der Waals surface area contributed by atoms with Gasteiger partial charge in [-0.1, -0.05) is 43.6 Å². The van der Waals surface area contributed by atoms with Crippen molar-refractivity contribution in [3.63, 3.8) is 0 Å². The van der Waals surface area contributed by atoms with Crippen LogP contribution in [0, 0.1) is 11.3 Å². The number of aromatic nitrogens is 1. The molecule has 0 saturated carbocycles. The Morgan fingerprint density at radius 2 is 1.71 bits per heavy atom. The largest absolute Gasteiger partial charge is 0.489 e. The number of halogens is 2. The molecule has 9 heteroatoms. The number of rotatable bonds is 10. The molecular weight excluding hydrogens is 507 g/mol. The van der Waals surface area contributed by atoms with Gasteiger partial charge in [-0.25, -0.2) is 8.42 Å². The lowest BCUT2D eigenvalue weighted by Gasteiger charge is -2.27. The fourth-order valence-electron chi connectivity index (χ4n) is 3.58. The predicted molar refractivity (Wildman–Crippen MR) is 138 cm³/mol. The monoisotopic (exact) mass is 532 g/mol. The first-order valence-corrected chi connectivity index (χ1v) is 13.8. The first-order chi connectivity index (χ1) is 16.5. The highest BCUT2D eigenvalue weighted by molar-refractivity contribution is 7.89. The van der Waals surface area contributed by atoms with Crippen molar-refractivity contribution in [2.45, 2.75) is 31.6 Å². The van der Waals surface area contributed by atoms with Crippen molar-refractivity contribution in [2.75, 3.05) is 18.7 Å². The van der Waals surface area contributed by atoms with E-state index in [1.165, 1.54) is 6.26 Å². The summed E-state index contributed by atoms with van der Waals surface area (Å²) in [5, 5.41) is 9.96. The minimum Gasteiger partial charge on any atom is -0.489 e. The average molecular weight is 533 g/mol. The Morgan fingerprint density at radius 1 is 1.03 bits per heavy atom. The van der Waals surface area contributed by atoms with Gasteiger partial charge in [0.05, 0.1) is 33.6 Å². The molecule has 2 aromatic carbocycles. The fraction of sp³-hybridized carbons (Fsp3) is 0.308. The maximum absolute atomic E-state index is 11.5. The molecule has 0 spiro atoms. The highest BCUT2D eigenvalue weighted by Gasteiger charge is 2.26. The summed E-state index contributed by atoms with van der Waals surface area (Å²) in [6, 6.07) is 18.6. The van der Waals surface area contributed by atoms with Gasteiger partial charge in [0.25, 0.3) is 0 Å². The molecule has 35 heavy (non-hydrogen) atoms. The molecule has 0 saturated heterocycles. The molecule has 6 nitrogen and oxygen atoms in total. The number of sulfone groups is 1. The van der Waals surface area contributed by atoms with E-state index in [0.29, 0.717) is 39.4 Å². The van der Waals surface area contributed by atoms with E-state index in [2.05, 4.69) is 11.1 Å². The van der Waals surface area contributed by atoms with Crippen LogP contribution in [0.25, 0.3) is 0 Å². The van der Waals surface area contributed by atoms with E-state index in [1.54, 1.807) is 24.3 Å². The first-order valence-electron chi connectivity index (χ1n) is 10.8. The minimum absolute atomic E-state index is 0.109. The maximum Gasteiger partial charge on any atom is 0.155 e. The highest BCUT2D eigenvalue weighted by atomic mass is 35.5. The van der Waals surface area contributed by atoms with Crippen LogP contribution in [0.3, 0.4) is 0 Å². The average Bonchev–Trinajstić information content (AvgIpc) is 2.81. The zero-order valence-electron chi connectivity index (χ0n) is 19.7. The standard InChI is InChI=1S/C26H26Cl2N2O4S/c1-26(2,20-13-18(15-29)25(24(28)14-20)33-12-11-27)19-7-9-23(10-8-19)34-16-21-5-4-6-22(30-21)17-35(3,31)32/h4-10,13-14H,11-12,16-17H2,1-3H3. The van der Waals surface area contributed by atoms with E-state index < -0.39 is 15.3 Å². The fourth-order valence-corrected chi connectivity index (χ4v) is 4.62. The Balaban J connectivity index is 1.75.